The third-order valence-electron chi connectivity index (χ3n) is 2.41. The van der Waals surface area contributed by atoms with Crippen molar-refractivity contribution in [3.8, 4) is 0 Å². The Bertz CT molecular complexity index is 385. The van der Waals surface area contributed by atoms with Crippen LogP contribution in [0.4, 0.5) is 11.4 Å². The normalized spacial score (nSPS) is 10.2. The fraction of sp³-hybridized carbons (Fsp3) is 0.545. The van der Waals surface area contributed by atoms with Crippen molar-refractivity contribution in [3.05, 3.63) is 27.0 Å². The molecule has 0 radical (unpaired) electrons. The van der Waals surface area contributed by atoms with E-state index in [2.05, 4.69) is 33.2 Å². The number of aromatic nitrogens is 1. The maximum absolute atomic E-state index is 10.8. The summed E-state index contributed by atoms with van der Waals surface area (Å²) in [5.41, 5.74) is 0.524. The Morgan fingerprint density at radius 3 is 2.82 bits per heavy atom. The topological polar surface area (TPSA) is 68.1 Å². The van der Waals surface area contributed by atoms with E-state index in [0.717, 1.165) is 19.4 Å². The number of hydrogen-bond donors (Lipinski definition) is 1. The van der Waals surface area contributed by atoms with E-state index in [1.807, 2.05) is 0 Å². The number of nitrogens with one attached hydrogen (secondary N) is 1. The molecule has 0 saturated heterocycles. The van der Waals surface area contributed by atoms with Crippen LogP contribution in [0.5, 0.6) is 0 Å². The Morgan fingerprint density at radius 1 is 1.41 bits per heavy atom. The van der Waals surface area contributed by atoms with Gasteiger partial charge in [0.1, 0.15) is 11.9 Å². The molecular weight excluding hydrogens is 286 g/mol. The van der Waals surface area contributed by atoms with Crippen LogP contribution < -0.4 is 5.32 Å². The molecule has 1 rings (SSSR count). The molecule has 0 spiro atoms. The van der Waals surface area contributed by atoms with Crippen molar-refractivity contribution in [2.24, 2.45) is 0 Å². The molecule has 0 aromatic carbocycles. The first kappa shape index (κ1) is 13.9. The van der Waals surface area contributed by atoms with Crippen LogP contribution in [0.1, 0.15) is 32.6 Å². The lowest BCUT2D eigenvalue weighted by molar-refractivity contribution is -0.384. The fourth-order valence-electron chi connectivity index (χ4n) is 1.50. The van der Waals surface area contributed by atoms with E-state index in [1.165, 1.54) is 19.0 Å². The van der Waals surface area contributed by atoms with Crippen molar-refractivity contribution in [2.75, 3.05) is 11.9 Å². The van der Waals surface area contributed by atoms with Gasteiger partial charge in [-0.05, 0) is 22.4 Å². The predicted octanol–water partition coefficient (Wildman–Crippen LogP) is 3.74. The van der Waals surface area contributed by atoms with Crippen molar-refractivity contribution in [1.29, 1.82) is 0 Å². The molecule has 0 atom stereocenters. The van der Waals surface area contributed by atoms with Crippen LogP contribution in [0.2, 0.25) is 0 Å². The zero-order valence-electron chi connectivity index (χ0n) is 9.78. The molecule has 0 unspecified atom stereocenters. The molecule has 0 bridgehead atoms. The number of anilines is 1. The van der Waals surface area contributed by atoms with Gasteiger partial charge in [0.15, 0.2) is 0 Å². The van der Waals surface area contributed by atoms with E-state index in [9.17, 15) is 10.1 Å². The molecule has 0 saturated carbocycles. The summed E-state index contributed by atoms with van der Waals surface area (Å²) in [7, 11) is 0. The first-order chi connectivity index (χ1) is 8.16. The minimum absolute atomic E-state index is 0.00914. The lowest BCUT2D eigenvalue weighted by atomic mass is 10.2. The molecule has 0 aliphatic rings. The summed E-state index contributed by atoms with van der Waals surface area (Å²) >= 11 is 3.27. The molecular formula is C11H16BrN3O2. The summed E-state index contributed by atoms with van der Waals surface area (Å²) in [6.45, 7) is 2.89. The van der Waals surface area contributed by atoms with Crippen molar-refractivity contribution in [3.63, 3.8) is 0 Å². The van der Waals surface area contributed by atoms with Crippen molar-refractivity contribution in [2.45, 2.75) is 32.6 Å². The lowest BCUT2D eigenvalue weighted by Crippen LogP contribution is -2.05. The first-order valence-corrected chi connectivity index (χ1v) is 6.48. The van der Waals surface area contributed by atoms with Crippen LogP contribution >= 0.6 is 15.9 Å². The van der Waals surface area contributed by atoms with Crippen molar-refractivity contribution < 1.29 is 4.92 Å². The van der Waals surface area contributed by atoms with Gasteiger partial charge >= 0.3 is 5.69 Å². The first-order valence-electron chi connectivity index (χ1n) is 5.68. The summed E-state index contributed by atoms with van der Waals surface area (Å²) in [5, 5.41) is 13.9. The van der Waals surface area contributed by atoms with Crippen molar-refractivity contribution in [1.82, 2.24) is 4.98 Å². The van der Waals surface area contributed by atoms with E-state index in [1.54, 1.807) is 6.20 Å². The van der Waals surface area contributed by atoms with Crippen LogP contribution in [0, 0.1) is 10.1 Å². The molecule has 0 aliphatic heterocycles. The van der Waals surface area contributed by atoms with E-state index < -0.39 is 4.92 Å². The predicted molar refractivity (Wildman–Crippen MR) is 71.2 cm³/mol. The van der Waals surface area contributed by atoms with Crippen LogP contribution in [0.3, 0.4) is 0 Å². The Hall–Kier alpha value is -1.17. The number of hydrogen-bond acceptors (Lipinski definition) is 4. The van der Waals surface area contributed by atoms with Gasteiger partial charge < -0.3 is 5.32 Å². The summed E-state index contributed by atoms with van der Waals surface area (Å²) in [6, 6.07) is 0. The smallest absolute Gasteiger partial charge is 0.311 e. The second-order valence-corrected chi connectivity index (χ2v) is 4.61. The number of nitro groups is 1. The van der Waals surface area contributed by atoms with Gasteiger partial charge in [0, 0.05) is 12.7 Å². The molecule has 6 heteroatoms. The van der Waals surface area contributed by atoms with Crippen LogP contribution in [-0.2, 0) is 0 Å². The average molecular weight is 302 g/mol. The second kappa shape index (κ2) is 7.21. The van der Waals surface area contributed by atoms with E-state index in [0.29, 0.717) is 10.2 Å². The molecule has 1 aromatic heterocycles. The average Bonchev–Trinajstić information content (AvgIpc) is 2.30. The maximum atomic E-state index is 10.8. The number of unbranched alkanes of at least 4 members (excludes halogenated alkanes) is 3. The third-order valence-corrected chi connectivity index (χ3v) is 3.01. The van der Waals surface area contributed by atoms with Crippen LogP contribution in [-0.4, -0.2) is 16.5 Å². The largest absolute Gasteiger partial charge is 0.378 e. The number of rotatable bonds is 7. The Morgan fingerprint density at radius 2 is 2.18 bits per heavy atom. The van der Waals surface area contributed by atoms with Gasteiger partial charge in [0.25, 0.3) is 0 Å². The standard InChI is InChI=1S/C11H16BrN3O2/c1-2-3-4-5-6-14-11-9(12)7-13-8-10(11)15(16)17/h7-8H,2-6H2,1H3,(H,13,14). The molecule has 94 valence electrons. The van der Waals surface area contributed by atoms with Crippen LogP contribution in [0.25, 0.3) is 0 Å². The van der Waals surface area contributed by atoms with Gasteiger partial charge in [-0.2, -0.15) is 0 Å². The summed E-state index contributed by atoms with van der Waals surface area (Å²) in [6.07, 6.45) is 7.35. The van der Waals surface area contributed by atoms with Gasteiger partial charge in [-0.25, -0.2) is 0 Å². The van der Waals surface area contributed by atoms with Crippen molar-refractivity contribution >= 4 is 27.3 Å². The lowest BCUT2D eigenvalue weighted by Gasteiger charge is -2.08. The molecule has 0 fully saturated rings. The number of pyridine rings is 1. The number of nitrogens with zero attached hydrogens (tertiary/aromatic N) is 2. The monoisotopic (exact) mass is 301 g/mol. The Labute approximate surface area is 109 Å². The minimum atomic E-state index is -0.424. The summed E-state index contributed by atoms with van der Waals surface area (Å²) in [4.78, 5) is 14.2. The highest BCUT2D eigenvalue weighted by Gasteiger charge is 2.16. The highest BCUT2D eigenvalue weighted by Crippen LogP contribution is 2.30. The van der Waals surface area contributed by atoms with E-state index >= 15 is 0 Å². The Balaban J connectivity index is 2.60. The minimum Gasteiger partial charge on any atom is -0.378 e. The molecule has 0 aliphatic carbocycles. The third kappa shape index (κ3) is 4.30. The van der Waals surface area contributed by atoms with Gasteiger partial charge in [-0.15, -0.1) is 0 Å². The second-order valence-electron chi connectivity index (χ2n) is 3.76. The van der Waals surface area contributed by atoms with Gasteiger partial charge in [0.2, 0.25) is 0 Å². The van der Waals surface area contributed by atoms with E-state index in [-0.39, 0.29) is 5.69 Å². The molecule has 5 nitrogen and oxygen atoms in total. The van der Waals surface area contributed by atoms with Gasteiger partial charge in [-0.1, -0.05) is 26.2 Å². The summed E-state index contributed by atoms with van der Waals surface area (Å²) < 4.78 is 0.627. The molecule has 0 amide bonds. The van der Waals surface area contributed by atoms with Gasteiger partial charge in [0.05, 0.1) is 9.40 Å². The van der Waals surface area contributed by atoms with Gasteiger partial charge in [-0.3, -0.25) is 15.1 Å². The fourth-order valence-corrected chi connectivity index (χ4v) is 1.96. The highest BCUT2D eigenvalue weighted by atomic mass is 79.9. The highest BCUT2D eigenvalue weighted by molar-refractivity contribution is 9.10. The Kier molecular flexibility index (Phi) is 5.90. The molecule has 1 aromatic rings. The molecule has 1 N–H and O–H groups in total. The molecule has 1 heterocycles. The summed E-state index contributed by atoms with van der Waals surface area (Å²) in [5.74, 6) is 0. The molecule has 17 heavy (non-hydrogen) atoms. The quantitative estimate of drug-likeness (QED) is 0.473. The van der Waals surface area contributed by atoms with Crippen LogP contribution in [0.15, 0.2) is 16.9 Å². The zero-order valence-corrected chi connectivity index (χ0v) is 11.4. The van der Waals surface area contributed by atoms with E-state index in [4.69, 9.17) is 0 Å². The maximum Gasteiger partial charge on any atom is 0.311 e. The SMILES string of the molecule is CCCCCCNc1c(Br)cncc1[N+](=O)[O-]. The zero-order chi connectivity index (χ0) is 12.7. The number of halogens is 1.